The Morgan fingerprint density at radius 3 is 2.88 bits per heavy atom. The number of nitrogens with zero attached hydrogens (tertiary/aromatic N) is 2. The second kappa shape index (κ2) is 6.03. The van der Waals surface area contributed by atoms with Crippen LogP contribution in [0.25, 0.3) is 0 Å². The van der Waals surface area contributed by atoms with Crippen molar-refractivity contribution in [3.05, 3.63) is 22.8 Å². The maximum absolute atomic E-state index is 6.22. The highest BCUT2D eigenvalue weighted by molar-refractivity contribution is 6.33. The van der Waals surface area contributed by atoms with E-state index in [1.54, 1.807) is 13.3 Å². The third-order valence-electron chi connectivity index (χ3n) is 2.57. The van der Waals surface area contributed by atoms with E-state index in [1.807, 2.05) is 18.0 Å². The predicted molar refractivity (Wildman–Crippen MR) is 66.9 cm³/mol. The van der Waals surface area contributed by atoms with Crippen molar-refractivity contribution < 1.29 is 4.74 Å². The van der Waals surface area contributed by atoms with Crippen molar-refractivity contribution in [2.45, 2.75) is 19.5 Å². The first-order valence-corrected chi connectivity index (χ1v) is 5.54. The fraction of sp³-hybridized carbons (Fsp3) is 0.545. The molecule has 1 heterocycles. The van der Waals surface area contributed by atoms with Gasteiger partial charge in [-0.15, -0.1) is 0 Å². The first-order chi connectivity index (χ1) is 7.61. The Morgan fingerprint density at radius 1 is 1.62 bits per heavy atom. The fourth-order valence-corrected chi connectivity index (χ4v) is 1.76. The zero-order valence-electron chi connectivity index (χ0n) is 9.90. The molecule has 0 saturated heterocycles. The van der Waals surface area contributed by atoms with Crippen LogP contribution in [0.4, 0.5) is 5.82 Å². The summed E-state index contributed by atoms with van der Waals surface area (Å²) < 4.78 is 5.11. The van der Waals surface area contributed by atoms with E-state index in [4.69, 9.17) is 22.1 Å². The van der Waals surface area contributed by atoms with Crippen LogP contribution in [0, 0.1) is 0 Å². The second-order valence-corrected chi connectivity index (χ2v) is 4.11. The molecule has 4 nitrogen and oxygen atoms in total. The Hall–Kier alpha value is -0.840. The van der Waals surface area contributed by atoms with Crippen molar-refractivity contribution >= 4 is 17.4 Å². The van der Waals surface area contributed by atoms with Crippen molar-refractivity contribution in [1.29, 1.82) is 0 Å². The summed E-state index contributed by atoms with van der Waals surface area (Å²) in [6.07, 6.45) is 1.72. The highest BCUT2D eigenvalue weighted by Crippen LogP contribution is 2.26. The van der Waals surface area contributed by atoms with E-state index < -0.39 is 0 Å². The average molecular weight is 244 g/mol. The van der Waals surface area contributed by atoms with E-state index in [1.165, 1.54) is 0 Å². The number of hydrogen-bond acceptors (Lipinski definition) is 4. The molecule has 0 bridgehead atoms. The number of anilines is 1. The van der Waals surface area contributed by atoms with Crippen molar-refractivity contribution in [2.24, 2.45) is 5.73 Å². The Bertz CT molecular complexity index is 346. The van der Waals surface area contributed by atoms with E-state index in [-0.39, 0.29) is 6.04 Å². The van der Waals surface area contributed by atoms with Crippen molar-refractivity contribution in [3.8, 4) is 0 Å². The summed E-state index contributed by atoms with van der Waals surface area (Å²) in [5, 5.41) is 0.621. The molecule has 0 spiro atoms. The van der Waals surface area contributed by atoms with E-state index in [9.17, 15) is 0 Å². The van der Waals surface area contributed by atoms with Crippen LogP contribution in [-0.2, 0) is 11.3 Å². The fourth-order valence-electron chi connectivity index (χ4n) is 1.44. The van der Waals surface area contributed by atoms with Crippen molar-refractivity contribution in [3.63, 3.8) is 0 Å². The number of methoxy groups -OCH3 is 1. The normalized spacial score (nSPS) is 12.6. The molecule has 0 aliphatic heterocycles. The Morgan fingerprint density at radius 2 is 2.31 bits per heavy atom. The van der Waals surface area contributed by atoms with E-state index in [0.717, 1.165) is 11.4 Å². The van der Waals surface area contributed by atoms with Gasteiger partial charge in [-0.3, -0.25) is 0 Å². The zero-order valence-corrected chi connectivity index (χ0v) is 10.7. The molecule has 1 unspecified atom stereocenters. The number of pyridine rings is 1. The molecule has 0 amide bonds. The third-order valence-corrected chi connectivity index (χ3v) is 2.99. The van der Waals surface area contributed by atoms with Gasteiger partial charge in [0.15, 0.2) is 0 Å². The summed E-state index contributed by atoms with van der Waals surface area (Å²) >= 11 is 6.22. The van der Waals surface area contributed by atoms with Crippen molar-refractivity contribution in [1.82, 2.24) is 4.98 Å². The van der Waals surface area contributed by atoms with E-state index in [0.29, 0.717) is 18.2 Å². The van der Waals surface area contributed by atoms with Crippen LogP contribution in [0.1, 0.15) is 12.5 Å². The highest BCUT2D eigenvalue weighted by atomic mass is 35.5. The number of aromatic nitrogens is 1. The molecule has 90 valence electrons. The summed E-state index contributed by atoms with van der Waals surface area (Å²) in [4.78, 5) is 6.26. The molecule has 1 aromatic heterocycles. The maximum atomic E-state index is 6.22. The molecule has 1 atom stereocenters. The van der Waals surface area contributed by atoms with Crippen LogP contribution in [0.15, 0.2) is 12.3 Å². The molecular weight excluding hydrogens is 226 g/mol. The molecular formula is C11H18ClN3O. The van der Waals surface area contributed by atoms with Crippen LogP contribution in [0.2, 0.25) is 5.02 Å². The molecule has 0 aromatic carbocycles. The van der Waals surface area contributed by atoms with Crippen LogP contribution in [0.3, 0.4) is 0 Å². The lowest BCUT2D eigenvalue weighted by Crippen LogP contribution is -2.33. The van der Waals surface area contributed by atoms with Gasteiger partial charge in [0.05, 0.1) is 17.7 Å². The summed E-state index contributed by atoms with van der Waals surface area (Å²) in [6, 6.07) is 2.05. The molecule has 0 aliphatic rings. The van der Waals surface area contributed by atoms with E-state index in [2.05, 4.69) is 11.9 Å². The minimum Gasteiger partial charge on any atom is -0.383 e. The van der Waals surface area contributed by atoms with Gasteiger partial charge < -0.3 is 15.4 Å². The van der Waals surface area contributed by atoms with Crippen LogP contribution >= 0.6 is 11.6 Å². The molecule has 0 radical (unpaired) electrons. The number of rotatable bonds is 5. The maximum Gasteiger partial charge on any atom is 0.147 e. The lowest BCUT2D eigenvalue weighted by molar-refractivity contribution is 0.183. The number of likely N-dealkylation sites (N-methyl/N-ethyl adjacent to an activating group) is 1. The lowest BCUT2D eigenvalue weighted by Gasteiger charge is -2.26. The molecule has 0 saturated carbocycles. The molecule has 0 fully saturated rings. The van der Waals surface area contributed by atoms with Gasteiger partial charge in [0.1, 0.15) is 5.82 Å². The van der Waals surface area contributed by atoms with E-state index >= 15 is 0 Å². The average Bonchev–Trinajstić information content (AvgIpc) is 2.29. The smallest absolute Gasteiger partial charge is 0.147 e. The van der Waals surface area contributed by atoms with Gasteiger partial charge in [-0.25, -0.2) is 4.98 Å². The van der Waals surface area contributed by atoms with Crippen LogP contribution < -0.4 is 10.6 Å². The summed E-state index contributed by atoms with van der Waals surface area (Å²) in [5.74, 6) is 0.745. The first kappa shape index (κ1) is 13.2. The minimum atomic E-state index is 0.211. The third kappa shape index (κ3) is 2.84. The van der Waals surface area contributed by atoms with Gasteiger partial charge in [-0.05, 0) is 18.6 Å². The van der Waals surface area contributed by atoms with Crippen LogP contribution in [0.5, 0.6) is 0 Å². The number of ether oxygens (including phenoxy) is 1. The molecule has 0 aliphatic carbocycles. The van der Waals surface area contributed by atoms with Gasteiger partial charge in [0.25, 0.3) is 0 Å². The Kier molecular flexibility index (Phi) is 4.99. The Labute approximate surface area is 101 Å². The van der Waals surface area contributed by atoms with Gasteiger partial charge >= 0.3 is 0 Å². The largest absolute Gasteiger partial charge is 0.383 e. The quantitative estimate of drug-likeness (QED) is 0.855. The molecule has 5 heteroatoms. The summed E-state index contributed by atoms with van der Waals surface area (Å²) in [7, 11) is 3.62. The standard InChI is InChI=1S/C11H18ClN3O/c1-8(7-16-3)15(2)11-10(12)9(6-13)4-5-14-11/h4-5,8H,6-7,13H2,1-3H3. The van der Waals surface area contributed by atoms with Gasteiger partial charge in [0.2, 0.25) is 0 Å². The lowest BCUT2D eigenvalue weighted by atomic mass is 10.2. The summed E-state index contributed by atoms with van der Waals surface area (Å²) in [6.45, 7) is 3.10. The van der Waals surface area contributed by atoms with Gasteiger partial charge in [-0.2, -0.15) is 0 Å². The molecule has 16 heavy (non-hydrogen) atoms. The first-order valence-electron chi connectivity index (χ1n) is 5.17. The monoisotopic (exact) mass is 243 g/mol. The second-order valence-electron chi connectivity index (χ2n) is 3.73. The number of halogens is 1. The Balaban J connectivity index is 2.94. The minimum absolute atomic E-state index is 0.211. The molecule has 1 aromatic rings. The van der Waals surface area contributed by atoms with Crippen molar-refractivity contribution in [2.75, 3.05) is 25.7 Å². The molecule has 2 N–H and O–H groups in total. The SMILES string of the molecule is COCC(C)N(C)c1nccc(CN)c1Cl. The topological polar surface area (TPSA) is 51.4 Å². The number of nitrogens with two attached hydrogens (primary N) is 1. The zero-order chi connectivity index (χ0) is 12.1. The summed E-state index contributed by atoms with van der Waals surface area (Å²) in [5.41, 5.74) is 6.50. The molecule has 1 rings (SSSR count). The highest BCUT2D eigenvalue weighted by Gasteiger charge is 2.15. The van der Waals surface area contributed by atoms with Crippen LogP contribution in [-0.4, -0.2) is 31.8 Å². The predicted octanol–water partition coefficient (Wildman–Crippen LogP) is 1.66. The van der Waals surface area contributed by atoms with Gasteiger partial charge in [0, 0.05) is 26.9 Å². The van der Waals surface area contributed by atoms with Gasteiger partial charge in [-0.1, -0.05) is 11.6 Å². The number of hydrogen-bond donors (Lipinski definition) is 1.